The molecule has 3 atom stereocenters. The van der Waals surface area contributed by atoms with Crippen molar-refractivity contribution in [1.29, 1.82) is 0 Å². The molecule has 3 N–H and O–H groups in total. The van der Waals surface area contributed by atoms with Crippen molar-refractivity contribution in [1.82, 2.24) is 10.6 Å². The molecule has 21 heavy (non-hydrogen) atoms. The highest BCUT2D eigenvalue weighted by Crippen LogP contribution is 2.27. The van der Waals surface area contributed by atoms with E-state index in [0.717, 1.165) is 19.3 Å². The Bertz CT molecular complexity index is 406. The van der Waals surface area contributed by atoms with E-state index in [-0.39, 0.29) is 42.9 Å². The first-order chi connectivity index (χ1) is 10.1. The summed E-state index contributed by atoms with van der Waals surface area (Å²) in [6.45, 7) is 2.25. The predicted molar refractivity (Wildman–Crippen MR) is 77.5 cm³/mol. The predicted octanol–water partition coefficient (Wildman–Crippen LogP) is 0.113. The third-order valence-electron chi connectivity index (χ3n) is 4.01. The molecule has 2 aliphatic rings. The van der Waals surface area contributed by atoms with Gasteiger partial charge in [-0.2, -0.15) is 0 Å². The largest absolute Gasteiger partial charge is 0.394 e. The van der Waals surface area contributed by atoms with Gasteiger partial charge in [-0.05, 0) is 19.8 Å². The molecular formula is C15H24N2O4. The Balaban J connectivity index is 1.88. The highest BCUT2D eigenvalue weighted by molar-refractivity contribution is 5.80. The number of carbonyl (C=O) groups excluding carboxylic acids is 2. The first-order valence-electron chi connectivity index (χ1n) is 7.65. The zero-order chi connectivity index (χ0) is 15.2. The number of ether oxygens (including phenoxy) is 1. The van der Waals surface area contributed by atoms with Gasteiger partial charge in [0.15, 0.2) is 0 Å². The second kappa shape index (κ2) is 7.56. The summed E-state index contributed by atoms with van der Waals surface area (Å²) in [6, 6.07) is -0.325. The van der Waals surface area contributed by atoms with Crippen LogP contribution < -0.4 is 10.6 Å². The van der Waals surface area contributed by atoms with Crippen LogP contribution in [0.25, 0.3) is 0 Å². The van der Waals surface area contributed by atoms with Crippen molar-refractivity contribution in [2.24, 2.45) is 5.92 Å². The molecule has 6 heteroatoms. The van der Waals surface area contributed by atoms with Crippen LogP contribution in [-0.2, 0) is 14.3 Å². The first kappa shape index (κ1) is 16.0. The summed E-state index contributed by atoms with van der Waals surface area (Å²) in [7, 11) is 0. The molecule has 0 saturated heterocycles. The number of hydrogen-bond acceptors (Lipinski definition) is 4. The molecule has 0 aromatic rings. The van der Waals surface area contributed by atoms with E-state index in [0.29, 0.717) is 6.54 Å². The molecule has 0 spiro atoms. The zero-order valence-corrected chi connectivity index (χ0v) is 12.4. The highest BCUT2D eigenvalue weighted by atomic mass is 16.5. The Morgan fingerprint density at radius 3 is 2.67 bits per heavy atom. The lowest BCUT2D eigenvalue weighted by Gasteiger charge is -2.33. The lowest BCUT2D eigenvalue weighted by Crippen LogP contribution is -2.51. The van der Waals surface area contributed by atoms with E-state index in [1.165, 1.54) is 0 Å². The molecule has 1 aliphatic carbocycles. The third kappa shape index (κ3) is 4.28. The van der Waals surface area contributed by atoms with Crippen LogP contribution in [0, 0.1) is 5.92 Å². The van der Waals surface area contributed by atoms with Crippen molar-refractivity contribution >= 4 is 11.8 Å². The molecule has 1 fully saturated rings. The van der Waals surface area contributed by atoms with Gasteiger partial charge in [0.25, 0.3) is 0 Å². The van der Waals surface area contributed by atoms with Gasteiger partial charge in [-0.15, -0.1) is 0 Å². The van der Waals surface area contributed by atoms with Crippen molar-refractivity contribution in [3.05, 3.63) is 12.2 Å². The van der Waals surface area contributed by atoms with Crippen LogP contribution in [0.5, 0.6) is 0 Å². The summed E-state index contributed by atoms with van der Waals surface area (Å²) in [5.74, 6) is 0.0479. The third-order valence-corrected chi connectivity index (χ3v) is 4.01. The molecule has 0 unspecified atom stereocenters. The van der Waals surface area contributed by atoms with Crippen LogP contribution in [0.4, 0.5) is 0 Å². The molecule has 0 aromatic carbocycles. The van der Waals surface area contributed by atoms with Crippen molar-refractivity contribution in [3.63, 3.8) is 0 Å². The molecule has 0 radical (unpaired) electrons. The molecule has 118 valence electrons. The molecule has 1 aliphatic heterocycles. The van der Waals surface area contributed by atoms with Crippen LogP contribution >= 0.6 is 0 Å². The molecule has 2 amide bonds. The molecule has 2 rings (SSSR count). The van der Waals surface area contributed by atoms with Crippen molar-refractivity contribution in [2.45, 2.75) is 50.9 Å². The minimum atomic E-state index is -0.501. The molecule has 0 bridgehead atoms. The summed E-state index contributed by atoms with van der Waals surface area (Å²) < 4.78 is 5.69. The van der Waals surface area contributed by atoms with Gasteiger partial charge in [0, 0.05) is 12.5 Å². The number of amides is 2. The summed E-state index contributed by atoms with van der Waals surface area (Å²) in [4.78, 5) is 23.5. The fourth-order valence-corrected chi connectivity index (χ4v) is 2.54. The van der Waals surface area contributed by atoms with Crippen molar-refractivity contribution in [3.8, 4) is 0 Å². The lowest BCUT2D eigenvalue weighted by atomic mass is 9.84. The average Bonchev–Trinajstić information content (AvgIpc) is 2.38. The molecule has 6 nitrogen and oxygen atoms in total. The van der Waals surface area contributed by atoms with E-state index < -0.39 is 6.10 Å². The fourth-order valence-electron chi connectivity index (χ4n) is 2.54. The Hall–Kier alpha value is -1.40. The van der Waals surface area contributed by atoms with Crippen LogP contribution in [0.2, 0.25) is 0 Å². The van der Waals surface area contributed by atoms with Crippen LogP contribution in [-0.4, -0.2) is 48.3 Å². The summed E-state index contributed by atoms with van der Waals surface area (Å²) in [6.07, 6.45) is 5.96. The molecule has 1 saturated carbocycles. The normalized spacial score (nSPS) is 28.8. The van der Waals surface area contributed by atoms with Gasteiger partial charge in [0.2, 0.25) is 11.8 Å². The van der Waals surface area contributed by atoms with Crippen LogP contribution in [0.3, 0.4) is 0 Å². The summed E-state index contributed by atoms with van der Waals surface area (Å²) >= 11 is 0. The summed E-state index contributed by atoms with van der Waals surface area (Å²) in [5, 5.41) is 15.1. The number of nitrogens with one attached hydrogen (secondary N) is 2. The topological polar surface area (TPSA) is 87.7 Å². The second-order valence-electron chi connectivity index (χ2n) is 5.60. The minimum absolute atomic E-state index is 0.0279. The van der Waals surface area contributed by atoms with Crippen molar-refractivity contribution < 1.29 is 19.4 Å². The quantitative estimate of drug-likeness (QED) is 0.607. The van der Waals surface area contributed by atoms with E-state index in [1.807, 2.05) is 13.0 Å². The van der Waals surface area contributed by atoms with Gasteiger partial charge in [0.05, 0.1) is 25.2 Å². The SMILES string of the molecule is CCNC(=O)C[C@H]1C=C[C@@H](NC(=O)C2CCC2)[C@@H](CO)O1. The smallest absolute Gasteiger partial charge is 0.223 e. The molecular weight excluding hydrogens is 272 g/mol. The van der Waals surface area contributed by atoms with E-state index in [4.69, 9.17) is 4.74 Å². The zero-order valence-electron chi connectivity index (χ0n) is 12.4. The van der Waals surface area contributed by atoms with Gasteiger partial charge in [0.1, 0.15) is 6.10 Å². The van der Waals surface area contributed by atoms with Gasteiger partial charge < -0.3 is 20.5 Å². The minimum Gasteiger partial charge on any atom is -0.394 e. The van der Waals surface area contributed by atoms with Crippen LogP contribution in [0.15, 0.2) is 12.2 Å². The Kier molecular flexibility index (Phi) is 5.76. The van der Waals surface area contributed by atoms with Gasteiger partial charge in [-0.25, -0.2) is 0 Å². The Labute approximate surface area is 124 Å². The number of aliphatic hydroxyl groups is 1. The first-order valence-corrected chi connectivity index (χ1v) is 7.65. The van der Waals surface area contributed by atoms with Gasteiger partial charge >= 0.3 is 0 Å². The number of carbonyl (C=O) groups is 2. The van der Waals surface area contributed by atoms with E-state index in [2.05, 4.69) is 10.6 Å². The van der Waals surface area contributed by atoms with E-state index in [1.54, 1.807) is 6.08 Å². The lowest BCUT2D eigenvalue weighted by molar-refractivity contribution is -0.131. The Morgan fingerprint density at radius 1 is 1.33 bits per heavy atom. The van der Waals surface area contributed by atoms with E-state index in [9.17, 15) is 14.7 Å². The van der Waals surface area contributed by atoms with Crippen molar-refractivity contribution in [2.75, 3.05) is 13.2 Å². The average molecular weight is 296 g/mol. The molecule has 1 heterocycles. The summed E-state index contributed by atoms with van der Waals surface area (Å²) in [5.41, 5.74) is 0. The van der Waals surface area contributed by atoms with Gasteiger partial charge in [-0.3, -0.25) is 9.59 Å². The number of hydrogen-bond donors (Lipinski definition) is 3. The van der Waals surface area contributed by atoms with Gasteiger partial charge in [-0.1, -0.05) is 18.6 Å². The fraction of sp³-hybridized carbons (Fsp3) is 0.733. The highest BCUT2D eigenvalue weighted by Gasteiger charge is 2.32. The second-order valence-corrected chi connectivity index (χ2v) is 5.60. The monoisotopic (exact) mass is 296 g/mol. The van der Waals surface area contributed by atoms with E-state index >= 15 is 0 Å². The maximum Gasteiger partial charge on any atom is 0.223 e. The Morgan fingerprint density at radius 2 is 2.10 bits per heavy atom. The maximum absolute atomic E-state index is 12.0. The standard InChI is InChI=1S/C15H24N2O4/c1-2-16-14(19)8-11-6-7-12(13(9-18)21-11)17-15(20)10-4-3-5-10/h6-7,10-13,18H,2-5,8-9H2,1H3,(H,16,19)(H,17,20)/t11-,12-,13-/m1/s1. The number of aliphatic hydroxyl groups excluding tert-OH is 1. The number of rotatable bonds is 6. The maximum atomic E-state index is 12.0. The van der Waals surface area contributed by atoms with Crippen LogP contribution in [0.1, 0.15) is 32.6 Å². The molecule has 0 aromatic heterocycles.